The first-order valence-electron chi connectivity index (χ1n) is 9.27. The first-order chi connectivity index (χ1) is 13.6. The molecule has 0 aliphatic heterocycles. The quantitative estimate of drug-likeness (QED) is 0.653. The summed E-state index contributed by atoms with van der Waals surface area (Å²) < 4.78 is 3.26. The van der Waals surface area contributed by atoms with Crippen LogP contribution in [0.3, 0.4) is 0 Å². The Morgan fingerprint density at radius 3 is 2.71 bits per heavy atom. The summed E-state index contributed by atoms with van der Waals surface area (Å²) in [6, 6.07) is 10.0. The highest BCUT2D eigenvalue weighted by Gasteiger charge is 2.28. The number of anilines is 1. The van der Waals surface area contributed by atoms with Gasteiger partial charge in [-0.3, -0.25) is 4.79 Å². The fourth-order valence-corrected chi connectivity index (χ4v) is 3.03. The molecule has 142 valence electrons. The second-order valence-corrected chi connectivity index (χ2v) is 6.83. The van der Waals surface area contributed by atoms with Crippen LogP contribution >= 0.6 is 0 Å². The third kappa shape index (κ3) is 3.38. The van der Waals surface area contributed by atoms with Crippen LogP contribution in [0.5, 0.6) is 0 Å². The van der Waals surface area contributed by atoms with E-state index in [1.165, 1.54) is 22.6 Å². The minimum Gasteiger partial charge on any atom is -0.306 e. The molecular weight excluding hydrogens is 352 g/mol. The van der Waals surface area contributed by atoms with E-state index in [9.17, 15) is 4.79 Å². The number of nitrogens with one attached hydrogen (secondary N) is 1. The molecule has 0 atom stereocenters. The zero-order chi connectivity index (χ0) is 19.7. The third-order valence-corrected chi connectivity index (χ3v) is 4.68. The Balaban J connectivity index is 1.69. The molecule has 1 N–H and O–H groups in total. The lowest BCUT2D eigenvalue weighted by atomic mass is 10.2. The largest absolute Gasteiger partial charge is 0.306 e. The molecule has 4 rings (SSSR count). The van der Waals surface area contributed by atoms with Crippen LogP contribution in [0, 0.1) is 6.92 Å². The van der Waals surface area contributed by atoms with Crippen molar-refractivity contribution in [2.75, 3.05) is 5.32 Å². The minimum atomic E-state index is -0.288. The Labute approximate surface area is 163 Å². The molecule has 1 aliphatic rings. The monoisotopic (exact) mass is 374 g/mol. The smallest absolute Gasteiger partial charge is 0.262 e. The highest BCUT2D eigenvalue weighted by molar-refractivity contribution is 6.07. The van der Waals surface area contributed by atoms with Crippen LogP contribution in [0.4, 0.5) is 11.6 Å². The zero-order valence-corrected chi connectivity index (χ0v) is 16.0. The van der Waals surface area contributed by atoms with Crippen molar-refractivity contribution in [3.63, 3.8) is 0 Å². The molecule has 1 aliphatic carbocycles. The van der Waals surface area contributed by atoms with Gasteiger partial charge in [0, 0.05) is 24.4 Å². The number of hydrogen-bond acceptors (Lipinski definition) is 4. The van der Waals surface area contributed by atoms with Gasteiger partial charge in [0.25, 0.3) is 5.91 Å². The molecule has 1 amide bonds. The molecule has 1 aromatic carbocycles. The van der Waals surface area contributed by atoms with E-state index < -0.39 is 0 Å². The van der Waals surface area contributed by atoms with Crippen molar-refractivity contribution < 1.29 is 4.79 Å². The Kier molecular flexibility index (Phi) is 4.65. The molecule has 3 aromatic rings. The number of aryl methyl sites for hydroxylation is 1. The fraction of sp³-hybridized carbons (Fsp3) is 0.238. The lowest BCUT2D eigenvalue weighted by molar-refractivity contribution is 0.102. The molecule has 0 spiro atoms. The summed E-state index contributed by atoms with van der Waals surface area (Å²) in [5, 5.41) is 11.9. The Morgan fingerprint density at radius 2 is 2.07 bits per heavy atom. The van der Waals surface area contributed by atoms with E-state index in [2.05, 4.69) is 22.0 Å². The van der Waals surface area contributed by atoms with Crippen LogP contribution in [0.2, 0.25) is 0 Å². The number of rotatable bonds is 6. The average molecular weight is 374 g/mol. The number of hydrogen-bond donors (Lipinski definition) is 1. The molecule has 0 radical (unpaired) electrons. The second kappa shape index (κ2) is 7.26. The first-order valence-corrected chi connectivity index (χ1v) is 9.27. The van der Waals surface area contributed by atoms with E-state index in [0.29, 0.717) is 23.1 Å². The van der Waals surface area contributed by atoms with E-state index >= 15 is 0 Å². The van der Waals surface area contributed by atoms with Gasteiger partial charge in [-0.25, -0.2) is 14.4 Å². The summed E-state index contributed by atoms with van der Waals surface area (Å²) in [7, 11) is 0. The van der Waals surface area contributed by atoms with Crippen LogP contribution < -0.4 is 5.32 Å². The highest BCUT2D eigenvalue weighted by atomic mass is 16.1. The van der Waals surface area contributed by atoms with Crippen LogP contribution in [-0.2, 0) is 0 Å². The van der Waals surface area contributed by atoms with Crippen molar-refractivity contribution in [1.29, 1.82) is 0 Å². The summed E-state index contributed by atoms with van der Waals surface area (Å²) in [6.45, 7) is 7.53. The van der Waals surface area contributed by atoms with Crippen molar-refractivity contribution in [3.8, 4) is 5.69 Å². The second-order valence-electron chi connectivity index (χ2n) is 6.83. The number of aromatic nitrogens is 4. The molecule has 2 aromatic heterocycles. The lowest BCUT2D eigenvalue weighted by Crippen LogP contribution is -2.15. The molecule has 7 nitrogen and oxygen atoms in total. The van der Waals surface area contributed by atoms with Crippen LogP contribution in [0.1, 0.15) is 47.3 Å². The number of aliphatic imine (C=N–C) groups is 1. The zero-order valence-electron chi connectivity index (χ0n) is 16.0. The maximum absolute atomic E-state index is 13.0. The lowest BCUT2D eigenvalue weighted by Gasteiger charge is -2.09. The van der Waals surface area contributed by atoms with Gasteiger partial charge >= 0.3 is 0 Å². The van der Waals surface area contributed by atoms with Crippen molar-refractivity contribution in [1.82, 2.24) is 19.6 Å². The summed E-state index contributed by atoms with van der Waals surface area (Å²) >= 11 is 0. The minimum absolute atomic E-state index is 0.288. The Hall–Kier alpha value is -3.48. The molecular formula is C21H22N6O. The molecule has 7 heteroatoms. The van der Waals surface area contributed by atoms with Gasteiger partial charge in [0.2, 0.25) is 0 Å². The van der Waals surface area contributed by atoms with Gasteiger partial charge in [-0.1, -0.05) is 24.3 Å². The maximum Gasteiger partial charge on any atom is 0.262 e. The van der Waals surface area contributed by atoms with Gasteiger partial charge in [-0.2, -0.15) is 10.2 Å². The SMILES string of the molecule is C=Cn1ncc(C(=O)Nc2cc(C3CC3)nn2-c2ccc(C)cc2)c1/N=C\C. The number of amides is 1. The molecule has 1 fully saturated rings. The molecule has 0 bridgehead atoms. The molecule has 0 saturated heterocycles. The normalized spacial score (nSPS) is 13.8. The van der Waals surface area contributed by atoms with Gasteiger partial charge in [0.1, 0.15) is 11.4 Å². The van der Waals surface area contributed by atoms with Crippen LogP contribution in [0.15, 0.2) is 48.1 Å². The van der Waals surface area contributed by atoms with Gasteiger partial charge in [0.15, 0.2) is 5.82 Å². The van der Waals surface area contributed by atoms with Crippen molar-refractivity contribution >= 4 is 30.0 Å². The van der Waals surface area contributed by atoms with Gasteiger partial charge in [0.05, 0.1) is 17.6 Å². The standard InChI is InChI=1S/C21H22N6O/c1-4-22-20-17(13-23-26(20)5-2)21(28)24-19-12-18(15-8-9-15)25-27(19)16-10-6-14(3)7-11-16/h4-7,10-13,15H,2,8-9H2,1,3H3,(H,24,28)/b22-4-. The van der Waals surface area contributed by atoms with E-state index in [-0.39, 0.29) is 5.91 Å². The number of nitrogens with zero attached hydrogens (tertiary/aromatic N) is 5. The first kappa shape index (κ1) is 17.9. The van der Waals surface area contributed by atoms with E-state index in [0.717, 1.165) is 24.2 Å². The molecule has 28 heavy (non-hydrogen) atoms. The summed E-state index contributed by atoms with van der Waals surface area (Å²) in [4.78, 5) is 17.2. The van der Waals surface area contributed by atoms with E-state index in [1.54, 1.807) is 17.8 Å². The topological polar surface area (TPSA) is 77.1 Å². The summed E-state index contributed by atoms with van der Waals surface area (Å²) in [6.07, 6.45) is 6.91. The summed E-state index contributed by atoms with van der Waals surface area (Å²) in [5.74, 6) is 1.27. The Bertz CT molecular complexity index is 1050. The van der Waals surface area contributed by atoms with E-state index in [1.807, 2.05) is 37.3 Å². The van der Waals surface area contributed by atoms with E-state index in [4.69, 9.17) is 5.10 Å². The average Bonchev–Trinajstić information content (AvgIpc) is 3.34. The van der Waals surface area contributed by atoms with Gasteiger partial charge in [-0.05, 0) is 38.8 Å². The maximum atomic E-state index is 13.0. The van der Waals surface area contributed by atoms with Gasteiger partial charge in [-0.15, -0.1) is 0 Å². The predicted octanol–water partition coefficient (Wildman–Crippen LogP) is 4.33. The van der Waals surface area contributed by atoms with Crippen LogP contribution in [0.25, 0.3) is 11.9 Å². The van der Waals surface area contributed by atoms with Crippen molar-refractivity contribution in [3.05, 3.63) is 59.9 Å². The molecule has 1 saturated carbocycles. The molecule has 0 unspecified atom stereocenters. The van der Waals surface area contributed by atoms with Crippen molar-refractivity contribution in [2.45, 2.75) is 32.6 Å². The number of carbonyl (C=O) groups is 1. The highest BCUT2D eigenvalue weighted by Crippen LogP contribution is 2.40. The number of carbonyl (C=O) groups excluding carboxylic acids is 1. The Morgan fingerprint density at radius 1 is 1.32 bits per heavy atom. The van der Waals surface area contributed by atoms with Crippen LogP contribution in [-0.4, -0.2) is 31.7 Å². The summed E-state index contributed by atoms with van der Waals surface area (Å²) in [5.41, 5.74) is 3.45. The molecule has 2 heterocycles. The van der Waals surface area contributed by atoms with Crippen molar-refractivity contribution in [2.24, 2.45) is 4.99 Å². The third-order valence-electron chi connectivity index (χ3n) is 4.68. The fourth-order valence-electron chi connectivity index (χ4n) is 3.03. The number of benzene rings is 1. The van der Waals surface area contributed by atoms with Gasteiger partial charge < -0.3 is 5.32 Å². The predicted molar refractivity (Wildman–Crippen MR) is 111 cm³/mol.